The molecule has 1 saturated heterocycles. The van der Waals surface area contributed by atoms with Crippen molar-refractivity contribution in [2.45, 2.75) is 51.5 Å². The molecule has 1 aliphatic heterocycles. The largest absolute Gasteiger partial charge is 0.350 e. The molecule has 2 aliphatic rings. The average Bonchev–Trinajstić information content (AvgIpc) is 3.37. The zero-order chi connectivity index (χ0) is 18.3. The summed E-state index contributed by atoms with van der Waals surface area (Å²) >= 11 is 0. The van der Waals surface area contributed by atoms with Gasteiger partial charge in [-0.1, -0.05) is 30.3 Å². The van der Waals surface area contributed by atoms with Crippen molar-refractivity contribution in [1.29, 1.82) is 0 Å². The fourth-order valence-corrected chi connectivity index (χ4v) is 3.57. The summed E-state index contributed by atoms with van der Waals surface area (Å²) in [6.45, 7) is 4.18. The molecule has 2 heterocycles. The third-order valence-corrected chi connectivity index (χ3v) is 5.46. The molecule has 0 unspecified atom stereocenters. The Kier molecular flexibility index (Phi) is 4.27. The normalized spacial score (nSPS) is 20.3. The number of nitrogens with one attached hydrogen (secondary N) is 2. The second-order valence-electron chi connectivity index (χ2n) is 7.52. The summed E-state index contributed by atoms with van der Waals surface area (Å²) in [6, 6.07) is 10.3. The molecule has 1 aromatic carbocycles. The van der Waals surface area contributed by atoms with E-state index in [1.165, 1.54) is 11.1 Å². The lowest BCUT2D eigenvalue weighted by atomic mass is 9.95. The predicted molar refractivity (Wildman–Crippen MR) is 103 cm³/mol. The monoisotopic (exact) mass is 348 g/mol. The Morgan fingerprint density at radius 3 is 2.46 bits per heavy atom. The summed E-state index contributed by atoms with van der Waals surface area (Å²) in [5, 5.41) is 3.00. The molecule has 1 atom stereocenters. The van der Waals surface area contributed by atoms with E-state index in [1.807, 2.05) is 12.1 Å². The van der Waals surface area contributed by atoms with Crippen LogP contribution in [-0.2, 0) is 4.79 Å². The topological polar surface area (TPSA) is 62.0 Å². The molecule has 1 saturated carbocycles. The van der Waals surface area contributed by atoms with Crippen molar-refractivity contribution in [2.24, 2.45) is 0 Å². The lowest BCUT2D eigenvalue weighted by molar-refractivity contribution is -0.119. The van der Waals surface area contributed by atoms with Gasteiger partial charge in [0.05, 0.1) is 0 Å². The first-order chi connectivity index (χ1) is 12.5. The summed E-state index contributed by atoms with van der Waals surface area (Å²) in [6.07, 6.45) is 5.64. The molecule has 2 aromatic rings. The maximum atomic E-state index is 12.5. The van der Waals surface area contributed by atoms with Crippen molar-refractivity contribution in [1.82, 2.24) is 10.3 Å². The lowest BCUT2D eigenvalue weighted by Crippen LogP contribution is -2.23. The van der Waals surface area contributed by atoms with Crippen LogP contribution < -0.4 is 10.9 Å². The standard InChI is InChI=1S/C22H24N2O2/c1-13-3-4-16(11-14(13)2)19(12-17-7-10-21(25)23-17)20-9-8-18(15-5-6-15)22(26)24-20/h3-4,8-9,11-12,15,17H,5-7,10H2,1-2H3,(H,23,25)(H,24,26)/t17-/m1/s1. The highest BCUT2D eigenvalue weighted by Gasteiger charge is 2.26. The van der Waals surface area contributed by atoms with Crippen LogP contribution in [0.3, 0.4) is 0 Å². The van der Waals surface area contributed by atoms with E-state index in [0.717, 1.165) is 41.7 Å². The van der Waals surface area contributed by atoms with E-state index in [4.69, 9.17) is 0 Å². The van der Waals surface area contributed by atoms with Gasteiger partial charge >= 0.3 is 0 Å². The number of pyridine rings is 1. The van der Waals surface area contributed by atoms with E-state index in [9.17, 15) is 9.59 Å². The van der Waals surface area contributed by atoms with Gasteiger partial charge in [0.2, 0.25) is 5.91 Å². The number of benzene rings is 1. The number of rotatable bonds is 4. The Morgan fingerprint density at radius 1 is 1.04 bits per heavy atom. The van der Waals surface area contributed by atoms with Crippen molar-refractivity contribution in [3.8, 4) is 0 Å². The SMILES string of the molecule is Cc1ccc(C(=C[C@H]2CCC(=O)N2)c2ccc(C3CC3)c(=O)[nH]2)cc1C. The van der Waals surface area contributed by atoms with Crippen LogP contribution in [0.15, 0.2) is 41.2 Å². The molecule has 4 rings (SSSR count). The Bertz CT molecular complexity index is 951. The van der Waals surface area contributed by atoms with E-state index in [0.29, 0.717) is 12.3 Å². The van der Waals surface area contributed by atoms with Crippen LogP contribution in [0.2, 0.25) is 0 Å². The minimum atomic E-state index is 0.00530. The fourth-order valence-electron chi connectivity index (χ4n) is 3.57. The highest BCUT2D eigenvalue weighted by molar-refractivity contribution is 5.82. The summed E-state index contributed by atoms with van der Waals surface area (Å²) in [5.74, 6) is 0.513. The van der Waals surface area contributed by atoms with Gasteiger partial charge in [0.25, 0.3) is 5.56 Å². The number of aromatic amines is 1. The number of aromatic nitrogens is 1. The molecule has 26 heavy (non-hydrogen) atoms. The summed E-state index contributed by atoms with van der Waals surface area (Å²) in [7, 11) is 0. The van der Waals surface area contributed by atoms with Gasteiger partial charge in [-0.25, -0.2) is 0 Å². The molecule has 4 nitrogen and oxygen atoms in total. The highest BCUT2D eigenvalue weighted by Crippen LogP contribution is 2.38. The number of carbonyl (C=O) groups excluding carboxylic acids is 1. The zero-order valence-corrected chi connectivity index (χ0v) is 15.3. The number of aryl methyl sites for hydroxylation is 2. The smallest absolute Gasteiger partial charge is 0.251 e. The molecular weight excluding hydrogens is 324 g/mol. The summed E-state index contributed by atoms with van der Waals surface area (Å²) < 4.78 is 0. The number of H-pyrrole nitrogens is 1. The van der Waals surface area contributed by atoms with Gasteiger partial charge in [0.1, 0.15) is 0 Å². The van der Waals surface area contributed by atoms with E-state index in [1.54, 1.807) is 0 Å². The molecule has 0 bridgehead atoms. The van der Waals surface area contributed by atoms with Gasteiger partial charge in [-0.05, 0) is 61.8 Å². The highest BCUT2D eigenvalue weighted by atomic mass is 16.2. The minimum Gasteiger partial charge on any atom is -0.350 e. The quantitative estimate of drug-likeness (QED) is 0.887. The van der Waals surface area contributed by atoms with Crippen LogP contribution in [0.25, 0.3) is 5.57 Å². The second kappa shape index (κ2) is 6.60. The first-order valence-electron chi connectivity index (χ1n) is 9.33. The molecule has 1 aromatic heterocycles. The molecular formula is C22H24N2O2. The summed E-state index contributed by atoms with van der Waals surface area (Å²) in [4.78, 5) is 27.2. The van der Waals surface area contributed by atoms with Crippen molar-refractivity contribution in [2.75, 3.05) is 0 Å². The van der Waals surface area contributed by atoms with Gasteiger partial charge in [0, 0.05) is 29.3 Å². The van der Waals surface area contributed by atoms with E-state index in [-0.39, 0.29) is 17.5 Å². The third kappa shape index (κ3) is 3.36. The number of amides is 1. The van der Waals surface area contributed by atoms with E-state index < -0.39 is 0 Å². The maximum Gasteiger partial charge on any atom is 0.251 e. The predicted octanol–water partition coefficient (Wildman–Crippen LogP) is 3.58. The van der Waals surface area contributed by atoms with Gasteiger partial charge in [-0.3, -0.25) is 9.59 Å². The molecule has 2 N–H and O–H groups in total. The van der Waals surface area contributed by atoms with Crippen molar-refractivity contribution >= 4 is 11.5 Å². The number of carbonyl (C=O) groups is 1. The fraction of sp³-hybridized carbons (Fsp3) is 0.364. The van der Waals surface area contributed by atoms with Crippen molar-refractivity contribution in [3.63, 3.8) is 0 Å². The Hall–Kier alpha value is -2.62. The van der Waals surface area contributed by atoms with Crippen LogP contribution >= 0.6 is 0 Å². The first kappa shape index (κ1) is 16.8. The van der Waals surface area contributed by atoms with E-state index in [2.05, 4.69) is 48.4 Å². The molecule has 0 spiro atoms. The maximum absolute atomic E-state index is 12.5. The van der Waals surface area contributed by atoms with E-state index >= 15 is 0 Å². The average molecular weight is 348 g/mol. The van der Waals surface area contributed by atoms with Gasteiger partial charge in [0.15, 0.2) is 0 Å². The summed E-state index contributed by atoms with van der Waals surface area (Å²) in [5.41, 5.74) is 6.19. The Morgan fingerprint density at radius 2 is 1.85 bits per heavy atom. The zero-order valence-electron chi connectivity index (χ0n) is 15.3. The van der Waals surface area contributed by atoms with Crippen molar-refractivity contribution < 1.29 is 4.79 Å². The Balaban J connectivity index is 1.78. The van der Waals surface area contributed by atoms with Crippen molar-refractivity contribution in [3.05, 3.63) is 74.7 Å². The van der Waals surface area contributed by atoms with Crippen LogP contribution in [0.5, 0.6) is 0 Å². The molecule has 2 fully saturated rings. The van der Waals surface area contributed by atoms with Crippen LogP contribution in [0.1, 0.15) is 59.5 Å². The Labute approximate surface area is 153 Å². The minimum absolute atomic E-state index is 0.00530. The molecule has 1 aliphatic carbocycles. The lowest BCUT2D eigenvalue weighted by Gasteiger charge is -2.14. The van der Waals surface area contributed by atoms with Gasteiger partial charge in [-0.15, -0.1) is 0 Å². The number of hydrogen-bond acceptors (Lipinski definition) is 2. The molecule has 134 valence electrons. The van der Waals surface area contributed by atoms with Gasteiger partial charge in [-0.2, -0.15) is 0 Å². The number of hydrogen-bond donors (Lipinski definition) is 2. The first-order valence-corrected chi connectivity index (χ1v) is 9.33. The van der Waals surface area contributed by atoms with Crippen LogP contribution in [0.4, 0.5) is 0 Å². The van der Waals surface area contributed by atoms with Gasteiger partial charge < -0.3 is 10.3 Å². The van der Waals surface area contributed by atoms with Crippen LogP contribution in [-0.4, -0.2) is 16.9 Å². The van der Waals surface area contributed by atoms with Crippen LogP contribution in [0, 0.1) is 13.8 Å². The third-order valence-electron chi connectivity index (χ3n) is 5.46. The molecule has 0 radical (unpaired) electrons. The molecule has 1 amide bonds. The second-order valence-corrected chi connectivity index (χ2v) is 7.52. The molecule has 4 heteroatoms.